The van der Waals surface area contributed by atoms with Crippen LogP contribution < -0.4 is 10.1 Å². The van der Waals surface area contributed by atoms with Crippen molar-refractivity contribution < 1.29 is 18.3 Å². The summed E-state index contributed by atoms with van der Waals surface area (Å²) in [6, 6.07) is 10.6. The van der Waals surface area contributed by atoms with Crippen LogP contribution >= 0.6 is 11.8 Å². The summed E-state index contributed by atoms with van der Waals surface area (Å²) in [5.74, 6) is -1.34. The van der Waals surface area contributed by atoms with Crippen LogP contribution in [0.1, 0.15) is 6.92 Å². The number of anilines is 1. The van der Waals surface area contributed by atoms with E-state index < -0.39 is 28.5 Å². The van der Waals surface area contributed by atoms with E-state index in [9.17, 15) is 13.6 Å². The van der Waals surface area contributed by atoms with Gasteiger partial charge in [-0.1, -0.05) is 6.07 Å². The van der Waals surface area contributed by atoms with Gasteiger partial charge in [-0.15, -0.1) is 11.8 Å². The van der Waals surface area contributed by atoms with E-state index in [1.54, 1.807) is 26.2 Å². The fraction of sp³-hybridized carbons (Fsp3) is 0.188. The zero-order valence-corrected chi connectivity index (χ0v) is 12.9. The molecule has 0 radical (unpaired) electrons. The van der Waals surface area contributed by atoms with Crippen molar-refractivity contribution in [2.45, 2.75) is 17.1 Å². The number of amides is 1. The molecule has 1 amide bonds. The van der Waals surface area contributed by atoms with Gasteiger partial charge in [-0.3, -0.25) is 4.79 Å². The number of hydrogen-bond acceptors (Lipinski definition) is 3. The van der Waals surface area contributed by atoms with Crippen molar-refractivity contribution in [3.05, 3.63) is 54.1 Å². The van der Waals surface area contributed by atoms with Gasteiger partial charge in [0, 0.05) is 4.90 Å². The SMILES string of the molecule is COc1ccc(S[C@H](C)C(=O)Nc2c(F)cccc2F)cc1. The maximum atomic E-state index is 13.5. The van der Waals surface area contributed by atoms with Gasteiger partial charge in [0.15, 0.2) is 0 Å². The number of halogens is 2. The first-order valence-electron chi connectivity index (χ1n) is 6.57. The standard InChI is InChI=1S/C16H15F2NO2S/c1-10(22-12-8-6-11(21-2)7-9-12)16(20)19-15-13(17)4-3-5-14(15)18/h3-10H,1-2H3,(H,19,20)/t10-/m1/s1. The Hall–Kier alpha value is -2.08. The van der Waals surface area contributed by atoms with E-state index in [4.69, 9.17) is 4.74 Å². The van der Waals surface area contributed by atoms with Crippen molar-refractivity contribution in [2.75, 3.05) is 12.4 Å². The fourth-order valence-corrected chi connectivity index (χ4v) is 2.62. The lowest BCUT2D eigenvalue weighted by molar-refractivity contribution is -0.115. The Kier molecular flexibility index (Phi) is 5.38. The van der Waals surface area contributed by atoms with Crippen LogP contribution in [0.15, 0.2) is 47.4 Å². The van der Waals surface area contributed by atoms with E-state index in [0.29, 0.717) is 0 Å². The molecule has 0 aliphatic carbocycles. The summed E-state index contributed by atoms with van der Waals surface area (Å²) in [5, 5.41) is 1.78. The second-order valence-electron chi connectivity index (χ2n) is 4.52. The van der Waals surface area contributed by atoms with Crippen molar-refractivity contribution in [1.82, 2.24) is 0 Å². The summed E-state index contributed by atoms with van der Waals surface area (Å²) >= 11 is 1.29. The molecule has 0 aromatic heterocycles. The van der Waals surface area contributed by atoms with Crippen molar-refractivity contribution in [3.63, 3.8) is 0 Å². The number of benzene rings is 2. The summed E-state index contributed by atoms with van der Waals surface area (Å²) in [5.41, 5.74) is -0.422. The topological polar surface area (TPSA) is 38.3 Å². The quantitative estimate of drug-likeness (QED) is 0.842. The lowest BCUT2D eigenvalue weighted by Gasteiger charge is -2.13. The summed E-state index contributed by atoms with van der Waals surface area (Å²) in [6.07, 6.45) is 0. The zero-order valence-electron chi connectivity index (χ0n) is 12.1. The molecule has 2 rings (SSSR count). The number of ether oxygens (including phenoxy) is 1. The molecule has 0 aliphatic rings. The van der Waals surface area contributed by atoms with Crippen molar-refractivity contribution in [1.29, 1.82) is 0 Å². The molecule has 0 spiro atoms. The number of para-hydroxylation sites is 1. The molecule has 2 aromatic rings. The van der Waals surface area contributed by atoms with Crippen LogP contribution in [-0.4, -0.2) is 18.3 Å². The third kappa shape index (κ3) is 3.98. The molecule has 6 heteroatoms. The van der Waals surface area contributed by atoms with E-state index in [1.165, 1.54) is 17.8 Å². The van der Waals surface area contributed by atoms with Gasteiger partial charge < -0.3 is 10.1 Å². The first kappa shape index (κ1) is 16.3. The van der Waals surface area contributed by atoms with Crippen LogP contribution in [0.25, 0.3) is 0 Å². The maximum Gasteiger partial charge on any atom is 0.237 e. The molecule has 0 saturated heterocycles. The third-order valence-electron chi connectivity index (χ3n) is 2.95. The smallest absolute Gasteiger partial charge is 0.237 e. The summed E-state index contributed by atoms with van der Waals surface area (Å²) in [7, 11) is 1.57. The lowest BCUT2D eigenvalue weighted by Crippen LogP contribution is -2.23. The molecule has 2 aromatic carbocycles. The fourth-order valence-electron chi connectivity index (χ4n) is 1.75. The van der Waals surface area contributed by atoms with Crippen LogP contribution in [0.4, 0.5) is 14.5 Å². The average molecular weight is 323 g/mol. The Morgan fingerprint density at radius 1 is 1.14 bits per heavy atom. The monoisotopic (exact) mass is 323 g/mol. The second kappa shape index (κ2) is 7.26. The Bertz CT molecular complexity index is 641. The first-order chi connectivity index (χ1) is 10.5. The van der Waals surface area contributed by atoms with Gasteiger partial charge >= 0.3 is 0 Å². The summed E-state index contributed by atoms with van der Waals surface area (Å²) < 4.78 is 32.1. The van der Waals surface area contributed by atoms with Gasteiger partial charge in [-0.05, 0) is 43.3 Å². The number of methoxy groups -OCH3 is 1. The highest BCUT2D eigenvalue weighted by atomic mass is 32.2. The van der Waals surface area contributed by atoms with E-state index in [0.717, 1.165) is 22.8 Å². The molecule has 0 aliphatic heterocycles. The Labute approximate surface area is 131 Å². The molecular weight excluding hydrogens is 308 g/mol. The molecule has 0 saturated carbocycles. The van der Waals surface area contributed by atoms with Crippen LogP contribution in [0.5, 0.6) is 5.75 Å². The molecule has 1 atom stereocenters. The van der Waals surface area contributed by atoms with E-state index in [-0.39, 0.29) is 0 Å². The van der Waals surface area contributed by atoms with Crippen molar-refractivity contribution in [3.8, 4) is 5.75 Å². The number of carbonyl (C=O) groups is 1. The molecule has 0 unspecified atom stereocenters. The van der Waals surface area contributed by atoms with Gasteiger partial charge in [0.25, 0.3) is 0 Å². The Morgan fingerprint density at radius 2 is 1.73 bits per heavy atom. The van der Waals surface area contributed by atoms with Gasteiger partial charge in [0.1, 0.15) is 23.1 Å². The summed E-state index contributed by atoms with van der Waals surface area (Å²) in [6.45, 7) is 1.67. The highest BCUT2D eigenvalue weighted by Crippen LogP contribution is 2.27. The minimum Gasteiger partial charge on any atom is -0.497 e. The normalized spacial score (nSPS) is 11.8. The van der Waals surface area contributed by atoms with Gasteiger partial charge in [-0.25, -0.2) is 8.78 Å². The van der Waals surface area contributed by atoms with E-state index in [1.807, 2.05) is 12.1 Å². The van der Waals surface area contributed by atoms with Gasteiger partial charge in [0.05, 0.1) is 12.4 Å². The zero-order chi connectivity index (χ0) is 16.1. The molecular formula is C16H15F2NO2S. The predicted molar refractivity (Wildman–Crippen MR) is 83.3 cm³/mol. The van der Waals surface area contributed by atoms with Crippen LogP contribution in [-0.2, 0) is 4.79 Å². The molecule has 0 heterocycles. The molecule has 0 bridgehead atoms. The Balaban J connectivity index is 2.02. The minimum atomic E-state index is -0.796. The molecule has 0 fully saturated rings. The minimum absolute atomic E-state index is 0.422. The van der Waals surface area contributed by atoms with Crippen molar-refractivity contribution >= 4 is 23.4 Å². The number of thioether (sulfide) groups is 1. The molecule has 116 valence electrons. The predicted octanol–water partition coefficient (Wildman–Crippen LogP) is 4.09. The molecule has 1 N–H and O–H groups in total. The number of hydrogen-bond donors (Lipinski definition) is 1. The van der Waals surface area contributed by atoms with Gasteiger partial charge in [-0.2, -0.15) is 0 Å². The van der Waals surface area contributed by atoms with E-state index >= 15 is 0 Å². The van der Waals surface area contributed by atoms with E-state index in [2.05, 4.69) is 5.32 Å². The Morgan fingerprint density at radius 3 is 2.27 bits per heavy atom. The second-order valence-corrected chi connectivity index (χ2v) is 5.94. The maximum absolute atomic E-state index is 13.5. The summed E-state index contributed by atoms with van der Waals surface area (Å²) in [4.78, 5) is 12.9. The van der Waals surface area contributed by atoms with Crippen LogP contribution in [0, 0.1) is 11.6 Å². The lowest BCUT2D eigenvalue weighted by atomic mass is 10.3. The number of rotatable bonds is 5. The third-order valence-corrected chi connectivity index (χ3v) is 4.06. The van der Waals surface area contributed by atoms with Crippen molar-refractivity contribution in [2.24, 2.45) is 0 Å². The van der Waals surface area contributed by atoms with Crippen LogP contribution in [0.3, 0.4) is 0 Å². The number of nitrogens with one attached hydrogen (secondary N) is 1. The van der Waals surface area contributed by atoms with Crippen LogP contribution in [0.2, 0.25) is 0 Å². The molecule has 3 nitrogen and oxygen atoms in total. The first-order valence-corrected chi connectivity index (χ1v) is 7.45. The molecule has 22 heavy (non-hydrogen) atoms. The average Bonchev–Trinajstić information content (AvgIpc) is 2.51. The highest BCUT2D eigenvalue weighted by molar-refractivity contribution is 8.00. The largest absolute Gasteiger partial charge is 0.497 e. The number of carbonyl (C=O) groups excluding carboxylic acids is 1. The van der Waals surface area contributed by atoms with Gasteiger partial charge in [0.2, 0.25) is 5.91 Å². The highest BCUT2D eigenvalue weighted by Gasteiger charge is 2.18.